The second-order valence-electron chi connectivity index (χ2n) is 6.09. The average molecular weight is 340 g/mol. The third-order valence-electron chi connectivity index (χ3n) is 4.29. The van der Waals surface area contributed by atoms with Crippen LogP contribution in [0.4, 0.5) is 4.39 Å². The van der Waals surface area contributed by atoms with E-state index in [0.29, 0.717) is 18.8 Å². The zero-order chi connectivity index (χ0) is 17.2. The van der Waals surface area contributed by atoms with Crippen LogP contribution in [0.2, 0.25) is 0 Å². The summed E-state index contributed by atoms with van der Waals surface area (Å²) in [5, 5.41) is 1.01. The number of likely N-dealkylation sites (tertiary alicyclic amines) is 1. The zero-order valence-electron chi connectivity index (χ0n) is 13.5. The van der Waals surface area contributed by atoms with Crippen molar-refractivity contribution in [2.75, 3.05) is 13.1 Å². The van der Waals surface area contributed by atoms with Gasteiger partial charge in [0.05, 0.1) is 18.9 Å². The first-order chi connectivity index (χ1) is 12.2. The highest BCUT2D eigenvalue weighted by Crippen LogP contribution is 2.20. The maximum absolute atomic E-state index is 12.9. The van der Waals surface area contributed by atoms with Gasteiger partial charge in [-0.1, -0.05) is 18.2 Å². The number of nitrogens with one attached hydrogen (secondary N) is 1. The van der Waals surface area contributed by atoms with Crippen LogP contribution in [-0.2, 0) is 0 Å². The van der Waals surface area contributed by atoms with E-state index in [-0.39, 0.29) is 18.0 Å². The van der Waals surface area contributed by atoms with Crippen molar-refractivity contribution in [1.29, 1.82) is 0 Å². The summed E-state index contributed by atoms with van der Waals surface area (Å²) in [5.74, 6) is -0.559. The normalized spacial score (nSPS) is 17.6. The summed E-state index contributed by atoms with van der Waals surface area (Å²) in [6.45, 7) is 1.13. The number of aromatic amines is 1. The molecule has 0 bridgehead atoms. The van der Waals surface area contributed by atoms with Gasteiger partial charge in [0, 0.05) is 17.4 Å². The third-order valence-corrected chi connectivity index (χ3v) is 4.29. The summed E-state index contributed by atoms with van der Waals surface area (Å²) in [7, 11) is 0. The van der Waals surface area contributed by atoms with Crippen LogP contribution >= 0.6 is 0 Å². The number of para-hydroxylation sites is 1. The number of ether oxygens (including phenoxy) is 1. The highest BCUT2D eigenvalue weighted by Gasteiger charge is 2.27. The number of amides is 1. The Hall–Kier alpha value is -2.96. The Bertz CT molecular complexity index is 860. The Morgan fingerprint density at radius 2 is 2.08 bits per heavy atom. The van der Waals surface area contributed by atoms with Gasteiger partial charge < -0.3 is 14.6 Å². The van der Waals surface area contributed by atoms with Crippen LogP contribution in [0, 0.1) is 5.82 Å². The molecule has 1 aliphatic heterocycles. The van der Waals surface area contributed by atoms with Gasteiger partial charge in [0.1, 0.15) is 11.8 Å². The molecule has 4 rings (SSSR count). The lowest BCUT2D eigenvalue weighted by Gasteiger charge is -2.32. The number of piperidine rings is 1. The number of benzene rings is 1. The molecule has 1 aliphatic rings. The molecule has 128 valence electrons. The van der Waals surface area contributed by atoms with Crippen molar-refractivity contribution in [2.45, 2.75) is 18.9 Å². The van der Waals surface area contributed by atoms with Gasteiger partial charge in [-0.3, -0.25) is 4.79 Å². The molecule has 0 spiro atoms. The fraction of sp³-hybridized carbons (Fsp3) is 0.278. The summed E-state index contributed by atoms with van der Waals surface area (Å²) >= 11 is 0. The van der Waals surface area contributed by atoms with E-state index >= 15 is 0 Å². The number of aromatic nitrogens is 3. The van der Waals surface area contributed by atoms with Crippen molar-refractivity contribution in [3.63, 3.8) is 0 Å². The SMILES string of the molecule is O=C(c1cc2ccccc2[nH]1)N1CCCC(Oc2ncc(F)cn2)C1. The maximum Gasteiger partial charge on any atom is 0.316 e. The quantitative estimate of drug-likeness (QED) is 0.796. The van der Waals surface area contributed by atoms with Crippen LogP contribution < -0.4 is 4.74 Å². The van der Waals surface area contributed by atoms with Gasteiger partial charge in [-0.05, 0) is 25.0 Å². The summed E-state index contributed by atoms with van der Waals surface area (Å²) < 4.78 is 18.6. The second kappa shape index (κ2) is 6.51. The fourth-order valence-electron chi connectivity index (χ4n) is 3.09. The minimum Gasteiger partial charge on any atom is -0.458 e. The number of hydrogen-bond donors (Lipinski definition) is 1. The van der Waals surface area contributed by atoms with E-state index in [4.69, 9.17) is 4.74 Å². The molecule has 25 heavy (non-hydrogen) atoms. The van der Waals surface area contributed by atoms with Crippen molar-refractivity contribution in [3.8, 4) is 6.01 Å². The molecule has 1 fully saturated rings. The van der Waals surface area contributed by atoms with Gasteiger partial charge in [0.25, 0.3) is 5.91 Å². The Labute approximate surface area is 143 Å². The van der Waals surface area contributed by atoms with Crippen LogP contribution in [0.3, 0.4) is 0 Å². The third kappa shape index (κ3) is 3.31. The lowest BCUT2D eigenvalue weighted by molar-refractivity contribution is 0.0511. The van der Waals surface area contributed by atoms with Crippen molar-refractivity contribution in [2.24, 2.45) is 0 Å². The van der Waals surface area contributed by atoms with Gasteiger partial charge in [-0.15, -0.1) is 0 Å². The van der Waals surface area contributed by atoms with Crippen LogP contribution in [-0.4, -0.2) is 45.0 Å². The standard InChI is InChI=1S/C18H17FN4O2/c19-13-9-20-18(21-10-13)25-14-5-3-7-23(11-14)17(24)16-8-12-4-1-2-6-15(12)22-16/h1-2,4,6,8-10,14,22H,3,5,7,11H2. The Morgan fingerprint density at radius 1 is 1.28 bits per heavy atom. The van der Waals surface area contributed by atoms with E-state index in [1.54, 1.807) is 4.90 Å². The first kappa shape index (κ1) is 15.6. The molecule has 1 unspecified atom stereocenters. The molecule has 7 heteroatoms. The molecule has 1 N–H and O–H groups in total. The Balaban J connectivity index is 1.46. The maximum atomic E-state index is 12.9. The summed E-state index contributed by atoms with van der Waals surface area (Å²) in [6.07, 6.45) is 3.57. The van der Waals surface area contributed by atoms with E-state index in [0.717, 1.165) is 36.1 Å². The number of fused-ring (bicyclic) bond motifs is 1. The minimum absolute atomic E-state index is 0.0514. The smallest absolute Gasteiger partial charge is 0.316 e. The molecule has 1 aromatic carbocycles. The molecule has 0 aliphatic carbocycles. The first-order valence-corrected chi connectivity index (χ1v) is 8.20. The molecule has 1 saturated heterocycles. The largest absolute Gasteiger partial charge is 0.458 e. The molecular weight excluding hydrogens is 323 g/mol. The predicted octanol–water partition coefficient (Wildman–Crippen LogP) is 2.78. The number of rotatable bonds is 3. The van der Waals surface area contributed by atoms with Crippen molar-refractivity contribution >= 4 is 16.8 Å². The van der Waals surface area contributed by atoms with Crippen molar-refractivity contribution < 1.29 is 13.9 Å². The fourth-order valence-corrected chi connectivity index (χ4v) is 3.09. The second-order valence-corrected chi connectivity index (χ2v) is 6.09. The van der Waals surface area contributed by atoms with E-state index in [1.807, 2.05) is 30.3 Å². The lowest BCUT2D eigenvalue weighted by Crippen LogP contribution is -2.44. The molecular formula is C18H17FN4O2. The van der Waals surface area contributed by atoms with Gasteiger partial charge in [0.15, 0.2) is 5.82 Å². The highest BCUT2D eigenvalue weighted by molar-refractivity contribution is 5.98. The number of H-pyrrole nitrogens is 1. The number of carbonyl (C=O) groups is 1. The lowest BCUT2D eigenvalue weighted by atomic mass is 10.1. The van der Waals surface area contributed by atoms with Gasteiger partial charge in [-0.25, -0.2) is 14.4 Å². The van der Waals surface area contributed by atoms with Crippen LogP contribution in [0.15, 0.2) is 42.7 Å². The highest BCUT2D eigenvalue weighted by atomic mass is 19.1. The van der Waals surface area contributed by atoms with Crippen LogP contribution in [0.5, 0.6) is 6.01 Å². The zero-order valence-corrected chi connectivity index (χ0v) is 13.5. The monoisotopic (exact) mass is 340 g/mol. The molecule has 1 atom stereocenters. The molecule has 3 aromatic rings. The van der Waals surface area contributed by atoms with Gasteiger partial charge in [-0.2, -0.15) is 0 Å². The minimum atomic E-state index is -0.508. The molecule has 1 amide bonds. The van der Waals surface area contributed by atoms with E-state index < -0.39 is 5.82 Å². The van der Waals surface area contributed by atoms with Crippen molar-refractivity contribution in [3.05, 3.63) is 54.2 Å². The van der Waals surface area contributed by atoms with Crippen LogP contribution in [0.25, 0.3) is 10.9 Å². The molecule has 0 saturated carbocycles. The summed E-state index contributed by atoms with van der Waals surface area (Å²) in [6, 6.07) is 9.78. The van der Waals surface area contributed by atoms with E-state index in [1.165, 1.54) is 0 Å². The van der Waals surface area contributed by atoms with Gasteiger partial charge >= 0.3 is 6.01 Å². The number of halogens is 1. The van der Waals surface area contributed by atoms with Gasteiger partial charge in [0.2, 0.25) is 0 Å². The molecule has 6 nitrogen and oxygen atoms in total. The van der Waals surface area contributed by atoms with E-state index in [9.17, 15) is 9.18 Å². The Morgan fingerprint density at radius 3 is 2.88 bits per heavy atom. The number of hydrogen-bond acceptors (Lipinski definition) is 4. The molecule has 2 aromatic heterocycles. The molecule has 3 heterocycles. The van der Waals surface area contributed by atoms with E-state index in [2.05, 4.69) is 15.0 Å². The average Bonchev–Trinajstić information content (AvgIpc) is 3.07. The topological polar surface area (TPSA) is 71.1 Å². The first-order valence-electron chi connectivity index (χ1n) is 8.20. The predicted molar refractivity (Wildman–Crippen MR) is 89.8 cm³/mol. The van der Waals surface area contributed by atoms with Crippen LogP contribution in [0.1, 0.15) is 23.3 Å². The Kier molecular flexibility index (Phi) is 4.05. The number of carbonyl (C=O) groups excluding carboxylic acids is 1. The summed E-state index contributed by atoms with van der Waals surface area (Å²) in [5.41, 5.74) is 1.51. The number of nitrogens with zero attached hydrogens (tertiary/aromatic N) is 3. The summed E-state index contributed by atoms with van der Waals surface area (Å²) in [4.78, 5) is 25.3. The molecule has 0 radical (unpaired) electrons. The van der Waals surface area contributed by atoms with Crippen molar-refractivity contribution in [1.82, 2.24) is 19.9 Å².